The van der Waals surface area contributed by atoms with Crippen LogP contribution in [0.15, 0.2) is 24.3 Å². The summed E-state index contributed by atoms with van der Waals surface area (Å²) in [6, 6.07) is 7.10. The predicted molar refractivity (Wildman–Crippen MR) is 81.1 cm³/mol. The van der Waals surface area contributed by atoms with Crippen LogP contribution < -0.4 is 15.2 Å². The Labute approximate surface area is 121 Å². The fraction of sp³-hybridized carbons (Fsp3) is 0.429. The molecule has 110 valence electrons. The minimum absolute atomic E-state index is 0.299. The predicted octanol–water partition coefficient (Wildman–Crippen LogP) is 0.892. The van der Waals surface area contributed by atoms with Crippen molar-refractivity contribution in [2.45, 2.75) is 26.3 Å². The molecular formula is C14H21N3O2S. The summed E-state index contributed by atoms with van der Waals surface area (Å²) in [4.78, 5) is 0. The molecule has 0 heterocycles. The molecule has 5 nitrogen and oxygen atoms in total. The van der Waals surface area contributed by atoms with Crippen LogP contribution in [0.5, 0.6) is 0 Å². The Morgan fingerprint density at radius 2 is 2.15 bits per heavy atom. The van der Waals surface area contributed by atoms with Crippen molar-refractivity contribution in [3.05, 3.63) is 35.4 Å². The molecule has 0 saturated heterocycles. The minimum atomic E-state index is -3.48. The molecule has 0 aromatic heterocycles. The second-order valence-corrected chi connectivity index (χ2v) is 5.90. The molecule has 0 fully saturated rings. The highest BCUT2D eigenvalue weighted by Gasteiger charge is 2.14. The zero-order chi connectivity index (χ0) is 15.0. The molecule has 0 aliphatic rings. The van der Waals surface area contributed by atoms with E-state index < -0.39 is 10.2 Å². The van der Waals surface area contributed by atoms with Crippen molar-refractivity contribution >= 4 is 10.2 Å². The molecule has 1 aromatic rings. The van der Waals surface area contributed by atoms with Gasteiger partial charge in [0.05, 0.1) is 6.54 Å². The molecule has 1 atom stereocenters. The fourth-order valence-corrected chi connectivity index (χ4v) is 2.78. The van der Waals surface area contributed by atoms with Gasteiger partial charge < -0.3 is 5.73 Å². The smallest absolute Gasteiger partial charge is 0.277 e. The van der Waals surface area contributed by atoms with Gasteiger partial charge in [0.25, 0.3) is 10.2 Å². The van der Waals surface area contributed by atoms with Crippen molar-refractivity contribution in [2.24, 2.45) is 5.73 Å². The van der Waals surface area contributed by atoms with Crippen LogP contribution >= 0.6 is 0 Å². The molecule has 0 aliphatic heterocycles. The van der Waals surface area contributed by atoms with Gasteiger partial charge in [0.15, 0.2) is 0 Å². The maximum absolute atomic E-state index is 11.8. The molecule has 0 amide bonds. The van der Waals surface area contributed by atoms with E-state index in [2.05, 4.69) is 21.3 Å². The summed E-state index contributed by atoms with van der Waals surface area (Å²) in [7, 11) is -3.48. The Hall–Kier alpha value is -1.39. The van der Waals surface area contributed by atoms with E-state index in [1.165, 1.54) is 0 Å². The Kier molecular flexibility index (Phi) is 6.68. The zero-order valence-corrected chi connectivity index (χ0v) is 12.6. The van der Waals surface area contributed by atoms with Gasteiger partial charge in [-0.15, -0.1) is 0 Å². The second-order valence-electron chi connectivity index (χ2n) is 4.37. The summed E-state index contributed by atoms with van der Waals surface area (Å²) in [5.74, 6) is 5.70. The van der Waals surface area contributed by atoms with Gasteiger partial charge in [-0.05, 0) is 31.0 Å². The van der Waals surface area contributed by atoms with Crippen LogP contribution in [0.4, 0.5) is 0 Å². The summed E-state index contributed by atoms with van der Waals surface area (Å²) >= 11 is 0. The Balaban J connectivity index is 2.79. The molecule has 1 aromatic carbocycles. The summed E-state index contributed by atoms with van der Waals surface area (Å²) in [6.45, 7) is 4.42. The highest BCUT2D eigenvalue weighted by Crippen LogP contribution is 2.14. The van der Waals surface area contributed by atoms with Crippen LogP contribution in [-0.4, -0.2) is 21.5 Å². The monoisotopic (exact) mass is 295 g/mol. The molecular weight excluding hydrogens is 274 g/mol. The minimum Gasteiger partial charge on any atom is -0.320 e. The normalized spacial score (nSPS) is 12.6. The van der Waals surface area contributed by atoms with Gasteiger partial charge in [0, 0.05) is 18.2 Å². The van der Waals surface area contributed by atoms with Crippen molar-refractivity contribution < 1.29 is 8.42 Å². The Morgan fingerprint density at radius 1 is 1.40 bits per heavy atom. The fourth-order valence-electron chi connectivity index (χ4n) is 1.62. The van der Waals surface area contributed by atoms with E-state index in [9.17, 15) is 8.42 Å². The van der Waals surface area contributed by atoms with E-state index in [0.717, 1.165) is 17.5 Å². The molecule has 0 aliphatic carbocycles. The molecule has 6 heteroatoms. The number of hydrogen-bond donors (Lipinski definition) is 3. The van der Waals surface area contributed by atoms with Crippen molar-refractivity contribution in [1.29, 1.82) is 0 Å². The van der Waals surface area contributed by atoms with E-state index in [-0.39, 0.29) is 6.04 Å². The van der Waals surface area contributed by atoms with E-state index in [1.807, 2.05) is 31.2 Å². The van der Waals surface area contributed by atoms with Crippen molar-refractivity contribution in [2.75, 3.05) is 13.1 Å². The van der Waals surface area contributed by atoms with E-state index in [1.54, 1.807) is 6.92 Å². The SMILES string of the molecule is CCCNS(=O)(=O)NC(C)c1cccc(C#CCN)c1. The van der Waals surface area contributed by atoms with E-state index >= 15 is 0 Å². The van der Waals surface area contributed by atoms with Crippen molar-refractivity contribution in [3.63, 3.8) is 0 Å². The molecule has 0 radical (unpaired) electrons. The van der Waals surface area contributed by atoms with Crippen LogP contribution in [0, 0.1) is 11.8 Å². The standard InChI is InChI=1S/C14H21N3O2S/c1-3-10-16-20(18,19)17-12(2)14-8-4-6-13(11-14)7-5-9-15/h4,6,8,11-12,16-17H,3,9-10,15H2,1-2H3. The lowest BCUT2D eigenvalue weighted by molar-refractivity contribution is 0.551. The third-order valence-electron chi connectivity index (χ3n) is 2.60. The summed E-state index contributed by atoms with van der Waals surface area (Å²) in [6.07, 6.45) is 0.749. The maximum atomic E-state index is 11.8. The van der Waals surface area contributed by atoms with Gasteiger partial charge in [-0.2, -0.15) is 13.1 Å². The molecule has 20 heavy (non-hydrogen) atoms. The van der Waals surface area contributed by atoms with E-state index in [0.29, 0.717) is 13.1 Å². The lowest BCUT2D eigenvalue weighted by atomic mass is 10.1. The molecule has 0 saturated carbocycles. The summed E-state index contributed by atoms with van der Waals surface area (Å²) in [5.41, 5.74) is 7.01. The first-order valence-electron chi connectivity index (χ1n) is 6.54. The van der Waals surface area contributed by atoms with Gasteiger partial charge >= 0.3 is 0 Å². The lowest BCUT2D eigenvalue weighted by Crippen LogP contribution is -2.38. The number of hydrogen-bond acceptors (Lipinski definition) is 3. The first kappa shape index (κ1) is 16.7. The molecule has 0 spiro atoms. The third kappa shape index (κ3) is 5.72. The van der Waals surface area contributed by atoms with Crippen molar-refractivity contribution in [3.8, 4) is 11.8 Å². The average molecular weight is 295 g/mol. The topological polar surface area (TPSA) is 84.2 Å². The molecule has 0 bridgehead atoms. The zero-order valence-electron chi connectivity index (χ0n) is 11.8. The van der Waals surface area contributed by atoms with Crippen LogP contribution in [0.1, 0.15) is 37.4 Å². The summed E-state index contributed by atoms with van der Waals surface area (Å²) in [5, 5.41) is 0. The largest absolute Gasteiger partial charge is 0.320 e. The van der Waals surface area contributed by atoms with Crippen molar-refractivity contribution in [1.82, 2.24) is 9.44 Å². The molecule has 1 rings (SSSR count). The van der Waals surface area contributed by atoms with E-state index in [4.69, 9.17) is 5.73 Å². The van der Waals surface area contributed by atoms with Crippen LogP contribution in [0.25, 0.3) is 0 Å². The van der Waals surface area contributed by atoms with Gasteiger partial charge in [-0.25, -0.2) is 4.72 Å². The Morgan fingerprint density at radius 3 is 2.80 bits per heavy atom. The summed E-state index contributed by atoms with van der Waals surface area (Å²) < 4.78 is 28.6. The van der Waals surface area contributed by atoms with Gasteiger partial charge in [0.1, 0.15) is 0 Å². The first-order valence-corrected chi connectivity index (χ1v) is 8.02. The number of rotatable bonds is 6. The van der Waals surface area contributed by atoms with Crippen LogP contribution in [0.2, 0.25) is 0 Å². The van der Waals surface area contributed by atoms with Crippen LogP contribution in [-0.2, 0) is 10.2 Å². The number of benzene rings is 1. The lowest BCUT2D eigenvalue weighted by Gasteiger charge is -2.15. The van der Waals surface area contributed by atoms with Crippen LogP contribution in [0.3, 0.4) is 0 Å². The average Bonchev–Trinajstić information content (AvgIpc) is 2.43. The second kappa shape index (κ2) is 8.02. The highest BCUT2D eigenvalue weighted by atomic mass is 32.2. The maximum Gasteiger partial charge on any atom is 0.277 e. The third-order valence-corrected chi connectivity index (χ3v) is 3.84. The molecule has 4 N–H and O–H groups in total. The van der Waals surface area contributed by atoms with Gasteiger partial charge in [-0.3, -0.25) is 0 Å². The highest BCUT2D eigenvalue weighted by molar-refractivity contribution is 7.87. The number of nitrogens with one attached hydrogen (secondary N) is 2. The quantitative estimate of drug-likeness (QED) is 0.682. The Bertz CT molecular complexity index is 588. The molecule has 1 unspecified atom stereocenters. The van der Waals surface area contributed by atoms with Gasteiger partial charge in [0.2, 0.25) is 0 Å². The van der Waals surface area contributed by atoms with Gasteiger partial charge in [-0.1, -0.05) is 30.9 Å². The first-order chi connectivity index (χ1) is 9.48. The number of nitrogens with two attached hydrogens (primary N) is 1.